The van der Waals surface area contributed by atoms with Crippen LogP contribution in [0.3, 0.4) is 0 Å². The number of methoxy groups -OCH3 is 1. The van der Waals surface area contributed by atoms with E-state index >= 15 is 0 Å². The topological polar surface area (TPSA) is 116 Å². The fourth-order valence-electron chi connectivity index (χ4n) is 5.10. The summed E-state index contributed by atoms with van der Waals surface area (Å²) < 4.78 is 12.5. The van der Waals surface area contributed by atoms with E-state index in [1.165, 1.54) is 11.0 Å². The van der Waals surface area contributed by atoms with Gasteiger partial charge in [-0.15, -0.1) is 5.10 Å². The van der Waals surface area contributed by atoms with Crippen LogP contribution in [0.1, 0.15) is 25.3 Å². The van der Waals surface area contributed by atoms with Gasteiger partial charge in [0.2, 0.25) is 5.91 Å². The maximum absolute atomic E-state index is 13.5. The number of amides is 1. The minimum atomic E-state index is -0.542. The number of esters is 1. The molecule has 1 amide bonds. The highest BCUT2D eigenvalue weighted by Crippen LogP contribution is 2.45. The Hall–Kier alpha value is -3.18. The maximum Gasteiger partial charge on any atom is 0.336 e. The molecule has 5 rings (SSSR count). The molecule has 0 aromatic carbocycles. The van der Waals surface area contributed by atoms with Gasteiger partial charge in [0.15, 0.2) is 5.82 Å². The van der Waals surface area contributed by atoms with Gasteiger partial charge in [-0.05, 0) is 54.8 Å². The average molecular weight is 454 g/mol. The molecule has 11 nitrogen and oxygen atoms in total. The number of aromatic nitrogens is 5. The molecule has 2 unspecified atom stereocenters. The molecular formula is C22H27N7O4. The minimum Gasteiger partial charge on any atom is -0.456 e. The molecule has 2 aromatic rings. The second-order valence-corrected chi connectivity index (χ2v) is 8.81. The van der Waals surface area contributed by atoms with E-state index in [1.54, 1.807) is 18.9 Å². The molecule has 3 aliphatic rings. The third kappa shape index (κ3) is 3.80. The van der Waals surface area contributed by atoms with Crippen LogP contribution in [0.2, 0.25) is 0 Å². The van der Waals surface area contributed by atoms with E-state index in [1.807, 2.05) is 18.3 Å². The van der Waals surface area contributed by atoms with Crippen LogP contribution in [0.4, 0.5) is 0 Å². The van der Waals surface area contributed by atoms with Crippen molar-refractivity contribution in [2.24, 2.45) is 5.41 Å². The summed E-state index contributed by atoms with van der Waals surface area (Å²) in [5.74, 6) is 0.397. The SMILES string of the molecule is COC1CN(CCc2ccc(-n3cnnn3)nc2)CCC12CCN(C1=C(C)C(=O)OC1)C2=O. The highest BCUT2D eigenvalue weighted by atomic mass is 16.5. The van der Waals surface area contributed by atoms with E-state index in [0.29, 0.717) is 30.2 Å². The summed E-state index contributed by atoms with van der Waals surface area (Å²) in [4.78, 5) is 33.8. The Morgan fingerprint density at radius 3 is 2.76 bits per heavy atom. The quantitative estimate of drug-likeness (QED) is 0.572. The first-order chi connectivity index (χ1) is 16.0. The fourth-order valence-corrected chi connectivity index (χ4v) is 5.10. The molecule has 1 spiro atoms. The number of piperidine rings is 1. The Labute approximate surface area is 191 Å². The van der Waals surface area contributed by atoms with Crippen molar-refractivity contribution < 1.29 is 19.1 Å². The van der Waals surface area contributed by atoms with Crippen LogP contribution in [0.25, 0.3) is 5.82 Å². The number of tetrazole rings is 1. The number of ether oxygens (including phenoxy) is 2. The standard InChI is InChI=1S/C22H27N7O4/c1-15-17(13-33-20(15)30)28-10-7-22(21(28)31)6-9-27(12-18(22)32-2)8-5-16-3-4-19(23-11-16)29-14-24-25-26-29/h3-4,11,14,18H,5-10,12-13H2,1-2H3. The van der Waals surface area contributed by atoms with Gasteiger partial charge < -0.3 is 19.3 Å². The van der Waals surface area contributed by atoms with Crippen LogP contribution in [0.15, 0.2) is 35.9 Å². The van der Waals surface area contributed by atoms with Gasteiger partial charge in [0.05, 0.1) is 22.8 Å². The number of hydrogen-bond acceptors (Lipinski definition) is 9. The van der Waals surface area contributed by atoms with Crippen molar-refractivity contribution in [1.29, 1.82) is 0 Å². The Morgan fingerprint density at radius 2 is 2.09 bits per heavy atom. The number of pyridine rings is 1. The van der Waals surface area contributed by atoms with Gasteiger partial charge in [0, 0.05) is 32.9 Å². The second-order valence-electron chi connectivity index (χ2n) is 8.81. The molecule has 0 saturated carbocycles. The third-order valence-electron chi connectivity index (χ3n) is 7.17. The van der Waals surface area contributed by atoms with Crippen LogP contribution >= 0.6 is 0 Å². The van der Waals surface area contributed by atoms with Crippen molar-refractivity contribution in [2.45, 2.75) is 32.3 Å². The first-order valence-electron chi connectivity index (χ1n) is 11.1. The monoisotopic (exact) mass is 453 g/mol. The summed E-state index contributed by atoms with van der Waals surface area (Å²) in [7, 11) is 1.68. The minimum absolute atomic E-state index is 0.0593. The molecule has 2 fully saturated rings. The van der Waals surface area contributed by atoms with Crippen LogP contribution in [0.5, 0.6) is 0 Å². The van der Waals surface area contributed by atoms with Crippen molar-refractivity contribution in [3.8, 4) is 5.82 Å². The molecule has 11 heteroatoms. The van der Waals surface area contributed by atoms with E-state index in [9.17, 15) is 9.59 Å². The van der Waals surface area contributed by atoms with Gasteiger partial charge in [0.1, 0.15) is 12.9 Å². The first kappa shape index (κ1) is 21.7. The van der Waals surface area contributed by atoms with E-state index in [2.05, 4.69) is 25.4 Å². The van der Waals surface area contributed by atoms with Crippen molar-refractivity contribution in [2.75, 3.05) is 39.9 Å². The lowest BCUT2D eigenvalue weighted by molar-refractivity contribution is -0.148. The Kier molecular flexibility index (Phi) is 5.67. The summed E-state index contributed by atoms with van der Waals surface area (Å²) in [6.07, 6.45) is 5.47. The molecule has 2 saturated heterocycles. The van der Waals surface area contributed by atoms with Crippen LogP contribution in [-0.4, -0.2) is 92.9 Å². The average Bonchev–Trinajstić information content (AvgIpc) is 3.56. The molecule has 0 aliphatic carbocycles. The predicted octanol–water partition coefficient (Wildman–Crippen LogP) is 0.370. The summed E-state index contributed by atoms with van der Waals surface area (Å²) in [6, 6.07) is 3.93. The molecule has 0 N–H and O–H groups in total. The van der Waals surface area contributed by atoms with E-state index in [0.717, 1.165) is 37.9 Å². The van der Waals surface area contributed by atoms with Gasteiger partial charge in [-0.25, -0.2) is 9.78 Å². The first-order valence-corrected chi connectivity index (χ1v) is 11.1. The summed E-state index contributed by atoms with van der Waals surface area (Å²) in [5.41, 5.74) is 1.82. The van der Waals surface area contributed by atoms with Gasteiger partial charge in [-0.3, -0.25) is 4.79 Å². The molecule has 33 heavy (non-hydrogen) atoms. The molecule has 2 aromatic heterocycles. The number of cyclic esters (lactones) is 1. The van der Waals surface area contributed by atoms with Crippen molar-refractivity contribution in [1.82, 2.24) is 35.0 Å². The van der Waals surface area contributed by atoms with Gasteiger partial charge in [-0.1, -0.05) is 6.07 Å². The number of carbonyl (C=O) groups excluding carboxylic acids is 2. The number of rotatable bonds is 6. The maximum atomic E-state index is 13.5. The second kappa shape index (κ2) is 8.64. The molecular weight excluding hydrogens is 426 g/mol. The van der Waals surface area contributed by atoms with Crippen LogP contribution in [-0.2, 0) is 25.5 Å². The molecule has 0 radical (unpaired) electrons. The summed E-state index contributed by atoms with van der Waals surface area (Å²) in [6.45, 7) is 4.87. The Morgan fingerprint density at radius 1 is 1.24 bits per heavy atom. The molecule has 2 atom stereocenters. The number of hydrogen-bond donors (Lipinski definition) is 0. The number of likely N-dealkylation sites (tertiary alicyclic amines) is 2. The normalized spacial score (nSPS) is 26.0. The van der Waals surface area contributed by atoms with Gasteiger partial charge in [-0.2, -0.15) is 4.68 Å². The Bertz CT molecular complexity index is 1070. The van der Waals surface area contributed by atoms with Crippen molar-refractivity contribution in [3.05, 3.63) is 41.5 Å². The molecule has 3 aliphatic heterocycles. The highest BCUT2D eigenvalue weighted by molar-refractivity contribution is 5.94. The van der Waals surface area contributed by atoms with E-state index in [4.69, 9.17) is 9.47 Å². The fraction of sp³-hybridized carbons (Fsp3) is 0.545. The molecule has 0 bridgehead atoms. The van der Waals surface area contributed by atoms with E-state index < -0.39 is 5.41 Å². The van der Waals surface area contributed by atoms with E-state index in [-0.39, 0.29) is 24.6 Å². The summed E-state index contributed by atoms with van der Waals surface area (Å²) >= 11 is 0. The number of carbonyl (C=O) groups is 2. The highest BCUT2D eigenvalue weighted by Gasteiger charge is 2.55. The molecule has 174 valence electrons. The number of nitrogens with zero attached hydrogens (tertiary/aromatic N) is 7. The lowest BCUT2D eigenvalue weighted by Crippen LogP contribution is -2.55. The zero-order chi connectivity index (χ0) is 23.0. The van der Waals surface area contributed by atoms with Crippen LogP contribution in [0, 0.1) is 5.41 Å². The summed E-state index contributed by atoms with van der Waals surface area (Å²) in [5, 5.41) is 11.1. The lowest BCUT2D eigenvalue weighted by Gasteiger charge is -2.43. The van der Waals surface area contributed by atoms with Crippen molar-refractivity contribution in [3.63, 3.8) is 0 Å². The molecule has 5 heterocycles. The Balaban J connectivity index is 1.21. The van der Waals surface area contributed by atoms with Crippen molar-refractivity contribution >= 4 is 11.9 Å². The largest absolute Gasteiger partial charge is 0.456 e. The third-order valence-corrected chi connectivity index (χ3v) is 7.17. The zero-order valence-electron chi connectivity index (χ0n) is 18.8. The zero-order valence-corrected chi connectivity index (χ0v) is 18.8. The predicted molar refractivity (Wildman–Crippen MR) is 115 cm³/mol. The van der Waals surface area contributed by atoms with Gasteiger partial charge in [0.25, 0.3) is 0 Å². The lowest BCUT2D eigenvalue weighted by atomic mass is 9.74. The smallest absolute Gasteiger partial charge is 0.336 e. The van der Waals surface area contributed by atoms with Crippen LogP contribution < -0.4 is 0 Å². The van der Waals surface area contributed by atoms with Gasteiger partial charge >= 0.3 is 5.97 Å².